The maximum absolute atomic E-state index is 13.1. The number of oxazole rings is 1. The van der Waals surface area contributed by atoms with Crippen molar-refractivity contribution in [3.63, 3.8) is 0 Å². The van der Waals surface area contributed by atoms with Crippen molar-refractivity contribution >= 4 is 22.7 Å². The third-order valence-electron chi connectivity index (χ3n) is 3.25. The summed E-state index contributed by atoms with van der Waals surface area (Å²) in [5, 5.41) is -0.540. The molecule has 0 aliphatic rings. The summed E-state index contributed by atoms with van der Waals surface area (Å²) in [5.41, 5.74) is -2.58. The molecule has 0 bridgehead atoms. The normalized spacial score (nSPS) is 12.8. The van der Waals surface area contributed by atoms with Crippen molar-refractivity contribution in [2.24, 2.45) is 0 Å². The lowest BCUT2D eigenvalue weighted by atomic mass is 10.1. The van der Waals surface area contributed by atoms with Crippen LogP contribution >= 0.6 is 11.6 Å². The Labute approximate surface area is 135 Å². The van der Waals surface area contributed by atoms with E-state index in [0.717, 1.165) is 30.3 Å². The average molecular weight is 366 g/mol. The minimum Gasteiger partial charge on any atom is -0.436 e. The molecule has 0 atom stereocenters. The molecule has 3 aromatic rings. The van der Waals surface area contributed by atoms with Crippen LogP contribution in [0.5, 0.6) is 0 Å². The van der Waals surface area contributed by atoms with Crippen LogP contribution in [0.25, 0.3) is 22.6 Å². The quantitative estimate of drug-likeness (QED) is 0.481. The van der Waals surface area contributed by atoms with Crippen molar-refractivity contribution in [1.82, 2.24) is 4.98 Å². The molecule has 0 saturated heterocycles. The van der Waals surface area contributed by atoms with Gasteiger partial charge in [-0.25, -0.2) is 4.98 Å². The van der Waals surface area contributed by atoms with E-state index < -0.39 is 34.0 Å². The Hall–Kier alpha value is -2.22. The highest BCUT2D eigenvalue weighted by molar-refractivity contribution is 6.32. The predicted octanol–water partition coefficient (Wildman–Crippen LogP) is 6.19. The van der Waals surface area contributed by atoms with E-state index in [1.807, 2.05) is 0 Å². The van der Waals surface area contributed by atoms with Gasteiger partial charge in [-0.15, -0.1) is 0 Å². The van der Waals surface area contributed by atoms with Gasteiger partial charge in [-0.1, -0.05) is 11.6 Å². The molecule has 2 aromatic carbocycles. The lowest BCUT2D eigenvalue weighted by molar-refractivity contribution is -0.138. The highest BCUT2D eigenvalue weighted by Crippen LogP contribution is 2.40. The van der Waals surface area contributed by atoms with Gasteiger partial charge >= 0.3 is 12.4 Å². The minimum absolute atomic E-state index is 0.114. The van der Waals surface area contributed by atoms with Crippen LogP contribution in [0.3, 0.4) is 0 Å². The summed E-state index contributed by atoms with van der Waals surface area (Å²) in [5.74, 6) is -0.230. The maximum Gasteiger partial charge on any atom is 0.420 e. The minimum atomic E-state index is -4.75. The van der Waals surface area contributed by atoms with E-state index >= 15 is 0 Å². The Morgan fingerprint density at radius 1 is 0.833 bits per heavy atom. The molecule has 0 radical (unpaired) electrons. The van der Waals surface area contributed by atoms with Crippen molar-refractivity contribution in [1.29, 1.82) is 0 Å². The highest BCUT2D eigenvalue weighted by atomic mass is 35.5. The fourth-order valence-corrected chi connectivity index (χ4v) is 2.42. The number of benzene rings is 2. The summed E-state index contributed by atoms with van der Waals surface area (Å²) in [4.78, 5) is 3.75. The number of aromatic nitrogens is 1. The van der Waals surface area contributed by atoms with Crippen molar-refractivity contribution in [2.75, 3.05) is 0 Å². The summed E-state index contributed by atoms with van der Waals surface area (Å²) < 4.78 is 82.1. The number of nitrogens with zero attached hydrogens (tertiary/aromatic N) is 1. The van der Waals surface area contributed by atoms with E-state index in [1.165, 1.54) is 6.07 Å². The first kappa shape index (κ1) is 16.6. The van der Waals surface area contributed by atoms with Gasteiger partial charge in [-0.2, -0.15) is 26.3 Å². The van der Waals surface area contributed by atoms with Crippen LogP contribution in [0.1, 0.15) is 11.1 Å². The summed E-state index contributed by atoms with van der Waals surface area (Å²) in [6, 6.07) is 5.97. The Balaban J connectivity index is 2.12. The first-order valence-electron chi connectivity index (χ1n) is 6.41. The van der Waals surface area contributed by atoms with Crippen LogP contribution in [0.2, 0.25) is 5.02 Å². The standard InChI is InChI=1S/C15H6ClF6NO/c16-9-5-6-10-12(11(9)15(20,21)22)23-13(24-10)7-1-3-8(4-2-7)14(17,18)19/h1-6H. The molecule has 0 aliphatic heterocycles. The zero-order valence-electron chi connectivity index (χ0n) is 11.5. The molecule has 0 saturated carbocycles. The summed E-state index contributed by atoms with van der Waals surface area (Å²) in [7, 11) is 0. The Kier molecular flexibility index (Phi) is 3.75. The third-order valence-corrected chi connectivity index (χ3v) is 3.57. The maximum atomic E-state index is 13.1. The van der Waals surface area contributed by atoms with Crippen LogP contribution < -0.4 is 0 Å². The van der Waals surface area contributed by atoms with Gasteiger partial charge in [-0.3, -0.25) is 0 Å². The van der Waals surface area contributed by atoms with E-state index in [0.29, 0.717) is 0 Å². The molecule has 9 heteroatoms. The second-order valence-electron chi connectivity index (χ2n) is 4.86. The topological polar surface area (TPSA) is 26.0 Å². The number of hydrogen-bond acceptors (Lipinski definition) is 2. The molecule has 0 spiro atoms. The zero-order chi connectivity index (χ0) is 17.7. The lowest BCUT2D eigenvalue weighted by Gasteiger charge is -2.08. The monoisotopic (exact) mass is 365 g/mol. The van der Waals surface area contributed by atoms with Crippen LogP contribution in [-0.4, -0.2) is 4.98 Å². The molecule has 1 aromatic heterocycles. The largest absolute Gasteiger partial charge is 0.436 e. The number of rotatable bonds is 1. The smallest absolute Gasteiger partial charge is 0.420 e. The van der Waals surface area contributed by atoms with Crippen molar-refractivity contribution in [3.05, 3.63) is 52.5 Å². The molecular weight excluding hydrogens is 360 g/mol. The molecule has 0 unspecified atom stereocenters. The van der Waals surface area contributed by atoms with Gasteiger partial charge in [0.2, 0.25) is 5.89 Å². The van der Waals surface area contributed by atoms with Crippen molar-refractivity contribution in [2.45, 2.75) is 12.4 Å². The molecule has 0 aliphatic carbocycles. The summed E-state index contributed by atoms with van der Waals surface area (Å²) >= 11 is 5.59. The van der Waals surface area contributed by atoms with Gasteiger partial charge in [0, 0.05) is 5.56 Å². The van der Waals surface area contributed by atoms with E-state index in [1.54, 1.807) is 0 Å². The van der Waals surface area contributed by atoms with Crippen LogP contribution in [0, 0.1) is 0 Å². The fraction of sp³-hybridized carbons (Fsp3) is 0.133. The number of hydrogen-bond donors (Lipinski definition) is 0. The Morgan fingerprint density at radius 3 is 2.00 bits per heavy atom. The summed E-state index contributed by atoms with van der Waals surface area (Å²) in [6.07, 6.45) is -9.26. The number of halogens is 7. The zero-order valence-corrected chi connectivity index (χ0v) is 12.2. The lowest BCUT2D eigenvalue weighted by Crippen LogP contribution is -2.06. The molecular formula is C15H6ClF6NO. The van der Waals surface area contributed by atoms with Crippen molar-refractivity contribution < 1.29 is 30.8 Å². The average Bonchev–Trinajstić information content (AvgIpc) is 2.88. The third kappa shape index (κ3) is 2.93. The molecule has 3 rings (SSSR count). The molecule has 2 nitrogen and oxygen atoms in total. The first-order valence-corrected chi connectivity index (χ1v) is 6.79. The van der Waals surface area contributed by atoms with Gasteiger partial charge in [0.15, 0.2) is 5.58 Å². The van der Waals surface area contributed by atoms with Gasteiger partial charge in [0.1, 0.15) is 11.1 Å². The highest BCUT2D eigenvalue weighted by Gasteiger charge is 2.37. The second-order valence-corrected chi connectivity index (χ2v) is 5.27. The Bertz CT molecular complexity index is 895. The predicted molar refractivity (Wildman–Crippen MR) is 74.5 cm³/mol. The SMILES string of the molecule is FC(F)(F)c1ccc(-c2nc3c(C(F)(F)F)c(Cl)ccc3o2)cc1. The van der Waals surface area contributed by atoms with E-state index in [2.05, 4.69) is 4.98 Å². The molecule has 0 fully saturated rings. The summed E-state index contributed by atoms with van der Waals surface area (Å²) in [6.45, 7) is 0. The first-order chi connectivity index (χ1) is 11.1. The van der Waals surface area contributed by atoms with E-state index in [9.17, 15) is 26.3 Å². The molecule has 1 heterocycles. The molecule has 24 heavy (non-hydrogen) atoms. The van der Waals surface area contributed by atoms with Crippen LogP contribution in [0.4, 0.5) is 26.3 Å². The van der Waals surface area contributed by atoms with Gasteiger partial charge in [0.25, 0.3) is 0 Å². The van der Waals surface area contributed by atoms with E-state index in [4.69, 9.17) is 16.0 Å². The molecule has 0 amide bonds. The molecule has 0 N–H and O–H groups in total. The van der Waals surface area contributed by atoms with Crippen molar-refractivity contribution in [3.8, 4) is 11.5 Å². The van der Waals surface area contributed by atoms with Gasteiger partial charge in [0.05, 0.1) is 10.6 Å². The number of fused-ring (bicyclic) bond motifs is 1. The van der Waals surface area contributed by atoms with E-state index in [-0.39, 0.29) is 17.0 Å². The van der Waals surface area contributed by atoms with Gasteiger partial charge in [-0.05, 0) is 36.4 Å². The van der Waals surface area contributed by atoms with Crippen LogP contribution in [-0.2, 0) is 12.4 Å². The molecule has 126 valence electrons. The fourth-order valence-electron chi connectivity index (χ4n) is 2.16. The van der Waals surface area contributed by atoms with Gasteiger partial charge < -0.3 is 4.42 Å². The second kappa shape index (κ2) is 5.41. The Morgan fingerprint density at radius 2 is 1.46 bits per heavy atom. The number of alkyl halides is 6. The van der Waals surface area contributed by atoms with Crippen LogP contribution in [0.15, 0.2) is 40.8 Å².